The quantitative estimate of drug-likeness (QED) is 0.698. The van der Waals surface area contributed by atoms with Crippen molar-refractivity contribution in [1.29, 1.82) is 0 Å². The van der Waals surface area contributed by atoms with Crippen LogP contribution in [0.1, 0.15) is 27.2 Å². The standard InChI is InChI=1S/C15H15F8NO/c1-12(2,3)7-13(14(18,19)20,15(21,22)23)11(25)24-10-8(16)5-4-6-9(10)17/h4-6H,7H2,1-3H3,(H,24,25). The van der Waals surface area contributed by atoms with Crippen molar-refractivity contribution >= 4 is 11.6 Å². The van der Waals surface area contributed by atoms with Gasteiger partial charge in [-0.3, -0.25) is 4.79 Å². The van der Waals surface area contributed by atoms with Crippen molar-refractivity contribution in [1.82, 2.24) is 0 Å². The molecule has 0 saturated carbocycles. The second-order valence-electron chi connectivity index (χ2n) is 6.69. The average Bonchev–Trinajstić information content (AvgIpc) is 2.36. The summed E-state index contributed by atoms with van der Waals surface area (Å²) in [4.78, 5) is 12.0. The first kappa shape index (κ1) is 21.2. The van der Waals surface area contributed by atoms with E-state index in [9.17, 15) is 39.9 Å². The van der Waals surface area contributed by atoms with Crippen LogP contribution in [0.5, 0.6) is 0 Å². The van der Waals surface area contributed by atoms with Gasteiger partial charge < -0.3 is 5.32 Å². The van der Waals surface area contributed by atoms with Gasteiger partial charge in [-0.05, 0) is 24.0 Å². The van der Waals surface area contributed by atoms with E-state index in [1.165, 1.54) is 0 Å². The van der Waals surface area contributed by atoms with E-state index in [4.69, 9.17) is 0 Å². The molecular weight excluding hydrogens is 362 g/mol. The lowest BCUT2D eigenvalue weighted by molar-refractivity contribution is -0.330. The number of amides is 1. The second kappa shape index (κ2) is 6.45. The molecular formula is C15H15F8NO. The summed E-state index contributed by atoms with van der Waals surface area (Å²) in [6, 6.07) is 2.02. The van der Waals surface area contributed by atoms with E-state index in [0.717, 1.165) is 32.2 Å². The Morgan fingerprint density at radius 3 is 1.64 bits per heavy atom. The first-order valence-electron chi connectivity index (χ1n) is 6.92. The fourth-order valence-corrected chi connectivity index (χ4v) is 2.33. The minimum atomic E-state index is -6.04. The van der Waals surface area contributed by atoms with Crippen molar-refractivity contribution in [2.75, 3.05) is 5.32 Å². The van der Waals surface area contributed by atoms with E-state index in [-0.39, 0.29) is 0 Å². The van der Waals surface area contributed by atoms with Gasteiger partial charge in [0.15, 0.2) is 0 Å². The third-order valence-corrected chi connectivity index (χ3v) is 3.35. The van der Waals surface area contributed by atoms with Crippen molar-refractivity contribution in [2.24, 2.45) is 10.8 Å². The molecule has 0 atom stereocenters. The van der Waals surface area contributed by atoms with Crippen molar-refractivity contribution in [3.63, 3.8) is 0 Å². The molecule has 0 aliphatic heterocycles. The summed E-state index contributed by atoms with van der Waals surface area (Å²) in [5.74, 6) is -5.59. The molecule has 1 N–H and O–H groups in total. The summed E-state index contributed by atoms with van der Waals surface area (Å²) < 4.78 is 107. The van der Waals surface area contributed by atoms with Crippen LogP contribution in [0.25, 0.3) is 0 Å². The lowest BCUT2D eigenvalue weighted by Crippen LogP contribution is -2.59. The van der Waals surface area contributed by atoms with Gasteiger partial charge in [-0.1, -0.05) is 26.8 Å². The van der Waals surface area contributed by atoms with Crippen LogP contribution < -0.4 is 5.32 Å². The summed E-state index contributed by atoms with van der Waals surface area (Å²) in [5, 5.41) is 1.13. The number of nitrogens with one attached hydrogen (secondary N) is 1. The van der Waals surface area contributed by atoms with Crippen molar-refractivity contribution in [3.8, 4) is 0 Å². The Balaban J connectivity index is 3.53. The van der Waals surface area contributed by atoms with Crippen molar-refractivity contribution in [2.45, 2.75) is 39.5 Å². The predicted octanol–water partition coefficient (Wildman–Crippen LogP) is 5.45. The highest BCUT2D eigenvalue weighted by Gasteiger charge is 2.75. The van der Waals surface area contributed by atoms with Gasteiger partial charge in [0, 0.05) is 0 Å². The highest BCUT2D eigenvalue weighted by Crippen LogP contribution is 2.56. The molecule has 0 bridgehead atoms. The van der Waals surface area contributed by atoms with E-state index in [1.54, 1.807) is 0 Å². The number of rotatable bonds is 3. The molecule has 0 aromatic heterocycles. The summed E-state index contributed by atoms with van der Waals surface area (Å²) in [6.45, 7) is 3.24. The maximum absolute atomic E-state index is 13.5. The van der Waals surface area contributed by atoms with Crippen molar-refractivity contribution in [3.05, 3.63) is 29.8 Å². The first-order valence-corrected chi connectivity index (χ1v) is 6.92. The van der Waals surface area contributed by atoms with Gasteiger partial charge in [-0.25, -0.2) is 8.78 Å². The summed E-state index contributed by atoms with van der Waals surface area (Å²) in [5.41, 5.74) is -7.78. The number of alkyl halides is 6. The lowest BCUT2D eigenvalue weighted by atomic mass is 9.71. The maximum Gasteiger partial charge on any atom is 0.412 e. The van der Waals surface area contributed by atoms with Crippen LogP contribution in [0.4, 0.5) is 40.8 Å². The van der Waals surface area contributed by atoms with E-state index in [1.807, 2.05) is 0 Å². The molecule has 0 aliphatic carbocycles. The molecule has 1 aromatic carbocycles. The zero-order valence-corrected chi connectivity index (χ0v) is 13.4. The smallest absolute Gasteiger partial charge is 0.320 e. The molecule has 1 aromatic rings. The van der Waals surface area contributed by atoms with Crippen LogP contribution in [-0.2, 0) is 4.79 Å². The molecule has 0 saturated heterocycles. The Kier molecular flexibility index (Phi) is 5.47. The van der Waals surface area contributed by atoms with E-state index >= 15 is 0 Å². The Morgan fingerprint density at radius 2 is 1.32 bits per heavy atom. The van der Waals surface area contributed by atoms with E-state index in [0.29, 0.717) is 12.1 Å². The van der Waals surface area contributed by atoms with E-state index in [2.05, 4.69) is 0 Å². The fraction of sp³-hybridized carbons (Fsp3) is 0.533. The Hall–Kier alpha value is -1.87. The predicted molar refractivity (Wildman–Crippen MR) is 73.6 cm³/mol. The molecule has 1 amide bonds. The molecule has 0 heterocycles. The summed E-state index contributed by atoms with van der Waals surface area (Å²) in [7, 11) is 0. The van der Waals surface area contributed by atoms with Crippen LogP contribution in [0.2, 0.25) is 0 Å². The molecule has 142 valence electrons. The largest absolute Gasteiger partial charge is 0.412 e. The number of halogens is 8. The van der Waals surface area contributed by atoms with Gasteiger partial charge in [-0.2, -0.15) is 26.3 Å². The molecule has 0 unspecified atom stereocenters. The van der Waals surface area contributed by atoms with Crippen molar-refractivity contribution < 1.29 is 39.9 Å². The number of anilines is 1. The molecule has 0 radical (unpaired) electrons. The number of carbonyl (C=O) groups is 1. The minimum Gasteiger partial charge on any atom is -0.320 e. The molecule has 0 fully saturated rings. The SMILES string of the molecule is CC(C)(C)CC(C(=O)Nc1c(F)cccc1F)(C(F)(F)F)C(F)(F)F. The average molecular weight is 377 g/mol. The molecule has 0 spiro atoms. The summed E-state index contributed by atoms with van der Waals surface area (Å²) >= 11 is 0. The minimum absolute atomic E-state index is 0.589. The van der Waals surface area contributed by atoms with Gasteiger partial charge >= 0.3 is 12.4 Å². The monoisotopic (exact) mass is 377 g/mol. The fourth-order valence-electron chi connectivity index (χ4n) is 2.33. The number of hydrogen-bond donors (Lipinski definition) is 1. The van der Waals surface area contributed by atoms with Gasteiger partial charge in [0.05, 0.1) is 0 Å². The molecule has 25 heavy (non-hydrogen) atoms. The first-order chi connectivity index (χ1) is 11.0. The number of hydrogen-bond acceptors (Lipinski definition) is 1. The zero-order valence-electron chi connectivity index (χ0n) is 13.4. The molecule has 1 rings (SSSR count). The second-order valence-corrected chi connectivity index (χ2v) is 6.69. The third kappa shape index (κ3) is 4.21. The van der Waals surface area contributed by atoms with Crippen LogP contribution in [0.15, 0.2) is 18.2 Å². The Bertz CT molecular complexity index is 608. The number of benzene rings is 1. The van der Waals surface area contributed by atoms with Gasteiger partial charge in [0.25, 0.3) is 0 Å². The maximum atomic E-state index is 13.5. The Labute approximate surface area is 138 Å². The van der Waals surface area contributed by atoms with Gasteiger partial charge in [0.2, 0.25) is 11.3 Å². The van der Waals surface area contributed by atoms with Gasteiger partial charge in [0.1, 0.15) is 17.3 Å². The normalized spacial score (nSPS) is 13.7. The van der Waals surface area contributed by atoms with Crippen LogP contribution >= 0.6 is 0 Å². The number of para-hydroxylation sites is 1. The molecule has 10 heteroatoms. The van der Waals surface area contributed by atoms with Gasteiger partial charge in [-0.15, -0.1) is 0 Å². The Morgan fingerprint density at radius 1 is 0.920 bits per heavy atom. The highest BCUT2D eigenvalue weighted by molar-refractivity contribution is 5.96. The number of carbonyl (C=O) groups excluding carboxylic acids is 1. The lowest BCUT2D eigenvalue weighted by Gasteiger charge is -2.39. The van der Waals surface area contributed by atoms with Crippen LogP contribution in [0.3, 0.4) is 0 Å². The molecule has 2 nitrogen and oxygen atoms in total. The van der Waals surface area contributed by atoms with E-state index < -0.39 is 52.8 Å². The van der Waals surface area contributed by atoms with Crippen LogP contribution in [-0.4, -0.2) is 18.3 Å². The summed E-state index contributed by atoms with van der Waals surface area (Å²) in [6.07, 6.45) is -13.7. The topological polar surface area (TPSA) is 29.1 Å². The zero-order chi connectivity index (χ0) is 19.8. The third-order valence-electron chi connectivity index (χ3n) is 3.35. The van der Waals surface area contributed by atoms with Crippen LogP contribution in [0, 0.1) is 22.5 Å². The highest BCUT2D eigenvalue weighted by atomic mass is 19.4. The molecule has 0 aliphatic rings.